The lowest BCUT2D eigenvalue weighted by Gasteiger charge is -2.27. The summed E-state index contributed by atoms with van der Waals surface area (Å²) in [7, 11) is 1.59. The van der Waals surface area contributed by atoms with Crippen LogP contribution in [-0.4, -0.2) is 78.5 Å². The molecule has 2 aliphatic rings. The number of aromatic nitrogens is 3. The standard InChI is InChI=1S/C24H29FN6O3/c1-33-21-5-4-17(25)15-18(21)20-3-2-8-30(20)22-6-9-31-23(28-22)19(16-27-31)24(32)26-7-10-29-11-13-34-14-12-29/h4-6,9,15-16,20H,2-3,7-8,10-14H2,1H3,(H,26,32). The molecule has 2 aromatic heterocycles. The van der Waals surface area contributed by atoms with Gasteiger partial charge >= 0.3 is 0 Å². The molecule has 1 N–H and O–H groups in total. The van der Waals surface area contributed by atoms with E-state index < -0.39 is 0 Å². The minimum atomic E-state index is -0.294. The second kappa shape index (κ2) is 9.94. The van der Waals surface area contributed by atoms with Crippen molar-refractivity contribution in [2.75, 3.05) is 57.9 Å². The van der Waals surface area contributed by atoms with Crippen molar-refractivity contribution in [1.29, 1.82) is 0 Å². The first-order valence-electron chi connectivity index (χ1n) is 11.7. The summed E-state index contributed by atoms with van der Waals surface area (Å²) < 4.78 is 26.5. The lowest BCUT2D eigenvalue weighted by molar-refractivity contribution is 0.0383. The van der Waals surface area contributed by atoms with E-state index in [0.717, 1.165) is 63.6 Å². The lowest BCUT2D eigenvalue weighted by Crippen LogP contribution is -2.41. The topological polar surface area (TPSA) is 84.2 Å². The highest BCUT2D eigenvalue weighted by Gasteiger charge is 2.30. The molecular formula is C24H29FN6O3. The maximum atomic E-state index is 14.0. The normalized spacial score (nSPS) is 19.0. The molecule has 1 atom stereocenters. The molecule has 2 fully saturated rings. The number of morpholine rings is 1. The monoisotopic (exact) mass is 468 g/mol. The molecule has 3 aromatic rings. The quantitative estimate of drug-likeness (QED) is 0.570. The predicted molar refractivity (Wildman–Crippen MR) is 125 cm³/mol. The Morgan fingerprint density at radius 1 is 1.26 bits per heavy atom. The van der Waals surface area contributed by atoms with E-state index >= 15 is 0 Å². The van der Waals surface area contributed by atoms with Crippen molar-refractivity contribution >= 4 is 17.4 Å². The van der Waals surface area contributed by atoms with E-state index in [2.05, 4.69) is 20.2 Å². The van der Waals surface area contributed by atoms with Gasteiger partial charge < -0.3 is 19.7 Å². The van der Waals surface area contributed by atoms with Gasteiger partial charge in [-0.3, -0.25) is 9.69 Å². The van der Waals surface area contributed by atoms with Crippen molar-refractivity contribution < 1.29 is 18.7 Å². The lowest BCUT2D eigenvalue weighted by atomic mass is 10.0. The molecule has 9 nitrogen and oxygen atoms in total. The molecule has 1 amide bonds. The second-order valence-corrected chi connectivity index (χ2v) is 8.56. The maximum absolute atomic E-state index is 14.0. The van der Waals surface area contributed by atoms with Gasteiger partial charge in [-0.15, -0.1) is 0 Å². The Balaban J connectivity index is 1.35. The highest BCUT2D eigenvalue weighted by molar-refractivity contribution is 5.99. The first-order valence-corrected chi connectivity index (χ1v) is 11.7. The molecule has 34 heavy (non-hydrogen) atoms. The predicted octanol–water partition coefficient (Wildman–Crippen LogP) is 2.28. The van der Waals surface area contributed by atoms with E-state index in [1.807, 2.05) is 6.07 Å². The summed E-state index contributed by atoms with van der Waals surface area (Å²) in [5.41, 5.74) is 1.73. The summed E-state index contributed by atoms with van der Waals surface area (Å²) >= 11 is 0. The molecule has 0 aliphatic carbocycles. The molecule has 2 saturated heterocycles. The van der Waals surface area contributed by atoms with Gasteiger partial charge in [-0.25, -0.2) is 13.9 Å². The Labute approximate surface area is 197 Å². The molecule has 1 unspecified atom stereocenters. The third kappa shape index (κ3) is 4.55. The summed E-state index contributed by atoms with van der Waals surface area (Å²) in [6, 6.07) is 6.42. The number of anilines is 1. The third-order valence-corrected chi connectivity index (χ3v) is 6.51. The fourth-order valence-corrected chi connectivity index (χ4v) is 4.76. The number of ether oxygens (including phenoxy) is 2. The number of nitrogens with one attached hydrogen (secondary N) is 1. The van der Waals surface area contributed by atoms with Crippen molar-refractivity contribution in [3.8, 4) is 5.75 Å². The van der Waals surface area contributed by atoms with Crippen LogP contribution in [0.4, 0.5) is 10.2 Å². The maximum Gasteiger partial charge on any atom is 0.256 e. The van der Waals surface area contributed by atoms with Crippen LogP contribution >= 0.6 is 0 Å². The zero-order chi connectivity index (χ0) is 23.5. The zero-order valence-electron chi connectivity index (χ0n) is 19.2. The van der Waals surface area contributed by atoms with E-state index in [-0.39, 0.29) is 17.8 Å². The fourth-order valence-electron chi connectivity index (χ4n) is 4.76. The van der Waals surface area contributed by atoms with Crippen molar-refractivity contribution in [3.63, 3.8) is 0 Å². The largest absolute Gasteiger partial charge is 0.496 e. The van der Waals surface area contributed by atoms with Crippen molar-refractivity contribution in [2.45, 2.75) is 18.9 Å². The molecule has 180 valence electrons. The number of carbonyl (C=O) groups excluding carboxylic acids is 1. The summed E-state index contributed by atoms with van der Waals surface area (Å²) in [5, 5.41) is 7.28. The Hall–Kier alpha value is -3.24. The van der Waals surface area contributed by atoms with Crippen LogP contribution in [0.5, 0.6) is 5.75 Å². The van der Waals surface area contributed by atoms with Gasteiger partial charge in [0.05, 0.1) is 32.6 Å². The Bertz CT molecular complexity index is 1160. The number of benzene rings is 1. The van der Waals surface area contributed by atoms with Crippen molar-refractivity contribution in [3.05, 3.63) is 53.6 Å². The minimum Gasteiger partial charge on any atom is -0.496 e. The van der Waals surface area contributed by atoms with Gasteiger partial charge in [-0.05, 0) is 37.1 Å². The minimum absolute atomic E-state index is 0.0608. The van der Waals surface area contributed by atoms with Crippen LogP contribution in [0.25, 0.3) is 5.65 Å². The molecule has 4 heterocycles. The Morgan fingerprint density at radius 3 is 2.94 bits per heavy atom. The molecule has 0 saturated carbocycles. The van der Waals surface area contributed by atoms with Gasteiger partial charge in [-0.1, -0.05) is 0 Å². The van der Waals surface area contributed by atoms with E-state index in [1.165, 1.54) is 12.1 Å². The number of rotatable bonds is 7. The van der Waals surface area contributed by atoms with Gasteiger partial charge in [0.15, 0.2) is 5.65 Å². The van der Waals surface area contributed by atoms with Crippen LogP contribution in [0.1, 0.15) is 34.8 Å². The van der Waals surface area contributed by atoms with Crippen LogP contribution in [0.2, 0.25) is 0 Å². The molecule has 0 bridgehead atoms. The van der Waals surface area contributed by atoms with Gasteiger partial charge in [0.1, 0.15) is 22.9 Å². The summed E-state index contributed by atoms with van der Waals surface area (Å²) in [6.45, 7) is 5.32. The van der Waals surface area contributed by atoms with Crippen LogP contribution in [-0.2, 0) is 4.74 Å². The molecule has 0 radical (unpaired) electrons. The number of fused-ring (bicyclic) bond motifs is 1. The Kier molecular flexibility index (Phi) is 6.59. The average Bonchev–Trinajstić information content (AvgIpc) is 3.51. The summed E-state index contributed by atoms with van der Waals surface area (Å²) in [6.07, 6.45) is 5.17. The smallest absolute Gasteiger partial charge is 0.256 e. The van der Waals surface area contributed by atoms with Crippen LogP contribution in [0.3, 0.4) is 0 Å². The van der Waals surface area contributed by atoms with Crippen molar-refractivity contribution in [1.82, 2.24) is 24.8 Å². The second-order valence-electron chi connectivity index (χ2n) is 8.56. The number of halogens is 1. The van der Waals surface area contributed by atoms with E-state index in [9.17, 15) is 9.18 Å². The van der Waals surface area contributed by atoms with E-state index in [0.29, 0.717) is 23.5 Å². The Morgan fingerprint density at radius 2 is 2.12 bits per heavy atom. The van der Waals surface area contributed by atoms with Crippen LogP contribution in [0.15, 0.2) is 36.7 Å². The third-order valence-electron chi connectivity index (χ3n) is 6.51. The SMILES string of the molecule is COc1ccc(F)cc1C1CCCN1c1ccn2ncc(C(=O)NCCN3CCOCC3)c2n1. The van der Waals surface area contributed by atoms with Gasteiger partial charge in [0.25, 0.3) is 5.91 Å². The van der Waals surface area contributed by atoms with Gasteiger partial charge in [0.2, 0.25) is 0 Å². The fraction of sp³-hybridized carbons (Fsp3) is 0.458. The molecule has 1 aromatic carbocycles. The molecule has 2 aliphatic heterocycles. The van der Waals surface area contributed by atoms with Crippen LogP contribution in [0, 0.1) is 5.82 Å². The molecule has 0 spiro atoms. The van der Waals surface area contributed by atoms with Gasteiger partial charge in [-0.2, -0.15) is 5.10 Å². The van der Waals surface area contributed by atoms with E-state index in [4.69, 9.17) is 14.5 Å². The average molecular weight is 469 g/mol. The highest BCUT2D eigenvalue weighted by Crippen LogP contribution is 2.39. The molecule has 10 heteroatoms. The summed E-state index contributed by atoms with van der Waals surface area (Å²) in [5.74, 6) is 0.892. The number of amides is 1. The van der Waals surface area contributed by atoms with E-state index in [1.54, 1.807) is 30.1 Å². The zero-order valence-corrected chi connectivity index (χ0v) is 19.2. The molecular weight excluding hydrogens is 439 g/mol. The van der Waals surface area contributed by atoms with Gasteiger partial charge in [0, 0.05) is 44.5 Å². The highest BCUT2D eigenvalue weighted by atomic mass is 19.1. The number of nitrogens with zero attached hydrogens (tertiary/aromatic N) is 5. The number of carbonyl (C=O) groups is 1. The first kappa shape index (κ1) is 22.5. The first-order chi connectivity index (χ1) is 16.6. The molecule has 5 rings (SSSR count). The number of hydrogen-bond donors (Lipinski definition) is 1. The summed E-state index contributed by atoms with van der Waals surface area (Å²) in [4.78, 5) is 22.1. The number of methoxy groups -OCH3 is 1. The van der Waals surface area contributed by atoms with Crippen molar-refractivity contribution in [2.24, 2.45) is 0 Å². The van der Waals surface area contributed by atoms with Crippen LogP contribution < -0.4 is 15.0 Å². The number of hydrogen-bond acceptors (Lipinski definition) is 7.